The predicted octanol–water partition coefficient (Wildman–Crippen LogP) is -0.144. The Kier molecular flexibility index (Phi) is 3.90. The smallest absolute Gasteiger partial charge is 0.257 e. The van der Waals surface area contributed by atoms with Crippen LogP contribution in [0.15, 0.2) is 28.3 Å². The zero-order valence-electron chi connectivity index (χ0n) is 11.0. The summed E-state index contributed by atoms with van der Waals surface area (Å²) in [4.78, 5) is 15.3. The van der Waals surface area contributed by atoms with E-state index in [2.05, 4.69) is 4.40 Å². The maximum atomic E-state index is 12.3. The van der Waals surface area contributed by atoms with Crippen LogP contribution in [0.2, 0.25) is 0 Å². The van der Waals surface area contributed by atoms with E-state index in [0.29, 0.717) is 0 Å². The fourth-order valence-electron chi connectivity index (χ4n) is 1.91. The molecule has 0 N–H and O–H groups in total. The van der Waals surface area contributed by atoms with Gasteiger partial charge in [0.05, 0.1) is 23.8 Å². The molecule has 7 nitrogen and oxygen atoms in total. The first kappa shape index (κ1) is 14.3. The number of sulfonamides is 1. The van der Waals surface area contributed by atoms with E-state index in [4.69, 9.17) is 5.26 Å². The van der Waals surface area contributed by atoms with Crippen LogP contribution in [0.1, 0.15) is 6.42 Å². The molecule has 0 fully saturated rings. The van der Waals surface area contributed by atoms with Gasteiger partial charge < -0.3 is 9.80 Å². The first-order valence-corrected chi connectivity index (χ1v) is 7.66. The summed E-state index contributed by atoms with van der Waals surface area (Å²) in [6, 6.07) is 1.96. The third kappa shape index (κ3) is 2.88. The minimum absolute atomic E-state index is 0.0629. The summed E-state index contributed by atoms with van der Waals surface area (Å²) >= 11 is 0. The van der Waals surface area contributed by atoms with Gasteiger partial charge in [-0.3, -0.25) is 4.79 Å². The molecule has 2 heterocycles. The van der Waals surface area contributed by atoms with Crippen LogP contribution in [0.4, 0.5) is 0 Å². The van der Waals surface area contributed by atoms with Gasteiger partial charge in [0, 0.05) is 26.3 Å². The lowest BCUT2D eigenvalue weighted by Gasteiger charge is -2.30. The minimum atomic E-state index is -3.51. The molecule has 20 heavy (non-hydrogen) atoms. The van der Waals surface area contributed by atoms with E-state index in [9.17, 15) is 13.2 Å². The van der Waals surface area contributed by atoms with Gasteiger partial charge in [0.1, 0.15) is 0 Å². The Balaban J connectivity index is 2.29. The molecule has 2 aliphatic heterocycles. The van der Waals surface area contributed by atoms with Crippen molar-refractivity contribution in [3.63, 3.8) is 0 Å². The van der Waals surface area contributed by atoms with Crippen LogP contribution in [0.3, 0.4) is 0 Å². The van der Waals surface area contributed by atoms with Gasteiger partial charge in [-0.15, -0.1) is 4.40 Å². The van der Waals surface area contributed by atoms with Gasteiger partial charge in [-0.2, -0.15) is 5.26 Å². The van der Waals surface area contributed by atoms with Gasteiger partial charge in [-0.25, -0.2) is 8.42 Å². The van der Waals surface area contributed by atoms with Crippen molar-refractivity contribution in [3.05, 3.63) is 23.9 Å². The molecule has 0 atom stereocenters. The Labute approximate surface area is 117 Å². The quantitative estimate of drug-likeness (QED) is 0.722. The normalized spacial score (nSPS) is 19.5. The third-order valence-corrected chi connectivity index (χ3v) is 4.14. The zero-order valence-corrected chi connectivity index (χ0v) is 11.8. The summed E-state index contributed by atoms with van der Waals surface area (Å²) in [5.41, 5.74) is 0.233. The second-order valence-electron chi connectivity index (χ2n) is 4.45. The Morgan fingerprint density at radius 2 is 2.35 bits per heavy atom. The number of allylic oxidation sites excluding steroid dienone is 2. The molecule has 1 amide bonds. The van der Waals surface area contributed by atoms with E-state index in [1.165, 1.54) is 4.90 Å². The standard InChI is InChI=1S/C12H14N4O3S/c1-15(6-3-5-13)12(17)10-4-2-7-16-8-9-20(18,19)14-11(10)16/h2,4,7H,3,6,8-9H2,1H3. The molecular weight excluding hydrogens is 280 g/mol. The molecule has 0 radical (unpaired) electrons. The lowest BCUT2D eigenvalue weighted by molar-refractivity contribution is -0.125. The third-order valence-electron chi connectivity index (χ3n) is 2.99. The summed E-state index contributed by atoms with van der Waals surface area (Å²) in [7, 11) is -1.94. The summed E-state index contributed by atoms with van der Waals surface area (Å²) in [6.07, 6.45) is 5.14. The number of carbonyl (C=O) groups excluding carboxylic acids is 1. The lowest BCUT2D eigenvalue weighted by atomic mass is 10.1. The number of nitriles is 1. The predicted molar refractivity (Wildman–Crippen MR) is 73.0 cm³/mol. The first-order valence-electron chi connectivity index (χ1n) is 6.05. The Morgan fingerprint density at radius 1 is 1.60 bits per heavy atom. The molecule has 0 aromatic heterocycles. The maximum absolute atomic E-state index is 12.3. The SMILES string of the molecule is CN(CCC#N)C(=O)C1=CC=CN2CCS(=O)(=O)N=C12. The molecule has 0 aromatic carbocycles. The Morgan fingerprint density at radius 3 is 3.05 bits per heavy atom. The highest BCUT2D eigenvalue weighted by Gasteiger charge is 2.30. The van der Waals surface area contributed by atoms with Crippen molar-refractivity contribution in [2.75, 3.05) is 25.9 Å². The number of nitrogens with zero attached hydrogens (tertiary/aromatic N) is 4. The van der Waals surface area contributed by atoms with Crippen molar-refractivity contribution in [1.29, 1.82) is 5.26 Å². The van der Waals surface area contributed by atoms with Gasteiger partial charge in [0.2, 0.25) is 0 Å². The van der Waals surface area contributed by atoms with Gasteiger partial charge in [-0.1, -0.05) is 0 Å². The molecule has 0 bridgehead atoms. The van der Waals surface area contributed by atoms with Gasteiger partial charge in [0.15, 0.2) is 5.84 Å². The van der Waals surface area contributed by atoms with Crippen LogP contribution >= 0.6 is 0 Å². The molecule has 8 heteroatoms. The number of likely N-dealkylation sites (N-methyl/N-ethyl adjacent to an activating group) is 1. The average molecular weight is 294 g/mol. The monoisotopic (exact) mass is 294 g/mol. The van der Waals surface area contributed by atoms with Gasteiger partial charge in [-0.05, 0) is 12.2 Å². The van der Waals surface area contributed by atoms with Gasteiger partial charge in [0.25, 0.3) is 15.9 Å². The van der Waals surface area contributed by atoms with Crippen LogP contribution in [-0.2, 0) is 14.8 Å². The van der Waals surface area contributed by atoms with Crippen molar-refractivity contribution in [3.8, 4) is 6.07 Å². The van der Waals surface area contributed by atoms with Crippen molar-refractivity contribution >= 4 is 21.8 Å². The van der Waals surface area contributed by atoms with Crippen LogP contribution in [-0.4, -0.2) is 55.9 Å². The van der Waals surface area contributed by atoms with Crippen molar-refractivity contribution in [1.82, 2.24) is 9.80 Å². The Bertz CT molecular complexity index is 655. The first-order chi connectivity index (χ1) is 9.44. The molecule has 2 rings (SSSR count). The number of rotatable bonds is 3. The summed E-state index contributed by atoms with van der Waals surface area (Å²) < 4.78 is 26.8. The fraction of sp³-hybridized carbons (Fsp3) is 0.417. The second kappa shape index (κ2) is 5.46. The number of amidine groups is 1. The molecule has 0 unspecified atom stereocenters. The molecule has 0 saturated carbocycles. The summed E-state index contributed by atoms with van der Waals surface area (Å²) in [5.74, 6) is -0.245. The topological polar surface area (TPSA) is 93.8 Å². The summed E-state index contributed by atoms with van der Waals surface area (Å²) in [6.45, 7) is 0.570. The van der Waals surface area contributed by atoms with E-state index in [1.54, 1.807) is 30.3 Å². The fourth-order valence-corrected chi connectivity index (χ4v) is 2.89. The molecule has 2 aliphatic rings. The highest BCUT2D eigenvalue weighted by atomic mass is 32.2. The molecule has 106 valence electrons. The van der Waals surface area contributed by atoms with Crippen LogP contribution in [0.25, 0.3) is 0 Å². The van der Waals surface area contributed by atoms with Crippen molar-refractivity contribution < 1.29 is 13.2 Å². The van der Waals surface area contributed by atoms with Crippen molar-refractivity contribution in [2.24, 2.45) is 4.40 Å². The summed E-state index contributed by atoms with van der Waals surface area (Å²) in [5, 5.41) is 8.54. The van der Waals surface area contributed by atoms with Crippen LogP contribution in [0, 0.1) is 11.3 Å². The number of hydrogen-bond donors (Lipinski definition) is 0. The molecular formula is C12H14N4O3S. The zero-order chi connectivity index (χ0) is 14.8. The Hall–Kier alpha value is -2.14. The van der Waals surface area contributed by atoms with Gasteiger partial charge >= 0.3 is 0 Å². The lowest BCUT2D eigenvalue weighted by Crippen LogP contribution is -2.42. The average Bonchev–Trinajstić information content (AvgIpc) is 2.42. The van der Waals surface area contributed by atoms with Crippen molar-refractivity contribution in [2.45, 2.75) is 6.42 Å². The van der Waals surface area contributed by atoms with E-state index < -0.39 is 10.0 Å². The van der Waals surface area contributed by atoms with E-state index in [-0.39, 0.29) is 42.6 Å². The minimum Gasteiger partial charge on any atom is -0.341 e. The van der Waals surface area contributed by atoms with Crippen LogP contribution in [0.5, 0.6) is 0 Å². The largest absolute Gasteiger partial charge is 0.341 e. The van der Waals surface area contributed by atoms with E-state index in [0.717, 1.165) is 0 Å². The molecule has 0 aliphatic carbocycles. The highest BCUT2D eigenvalue weighted by Crippen LogP contribution is 2.19. The molecule has 0 saturated heterocycles. The molecule has 0 aromatic rings. The number of fused-ring (bicyclic) bond motifs is 1. The number of carbonyl (C=O) groups is 1. The van der Waals surface area contributed by atoms with E-state index in [1.807, 2.05) is 6.07 Å². The molecule has 0 spiro atoms. The van der Waals surface area contributed by atoms with E-state index >= 15 is 0 Å². The van der Waals surface area contributed by atoms with Crippen LogP contribution < -0.4 is 0 Å². The second-order valence-corrected chi connectivity index (χ2v) is 6.21. The number of amides is 1. The highest BCUT2D eigenvalue weighted by molar-refractivity contribution is 7.90. The number of hydrogen-bond acceptors (Lipinski definition) is 5. The maximum Gasteiger partial charge on any atom is 0.257 e.